The molecular weight excluding hydrogens is 334 g/mol. The van der Waals surface area contributed by atoms with E-state index >= 15 is 0 Å². The third-order valence-corrected chi connectivity index (χ3v) is 5.28. The van der Waals surface area contributed by atoms with Crippen molar-refractivity contribution in [2.24, 2.45) is 23.7 Å². The average molecular weight is 376 g/mol. The zero-order valence-corrected chi connectivity index (χ0v) is 18.6. The highest BCUT2D eigenvalue weighted by Crippen LogP contribution is 2.31. The Balaban J connectivity index is 3.50. The fourth-order valence-electron chi connectivity index (χ4n) is 3.84. The van der Waals surface area contributed by atoms with E-state index in [1.165, 1.54) is 0 Å². The van der Waals surface area contributed by atoms with Crippen molar-refractivity contribution in [2.45, 2.75) is 80.3 Å². The summed E-state index contributed by atoms with van der Waals surface area (Å²) in [6.07, 6.45) is 1.96. The van der Waals surface area contributed by atoms with Gasteiger partial charge in [-0.25, -0.2) is 0 Å². The molecule has 4 N–H and O–H groups in total. The number of carbonyl (C=O) groups excluding carboxylic acids is 1. The minimum Gasteiger partial charge on any atom is -0.397 e. The molecule has 0 fully saturated rings. The van der Waals surface area contributed by atoms with Crippen LogP contribution >= 0.6 is 0 Å². The Labute approximate surface area is 166 Å². The Hall–Kier alpha value is -1.71. The molecule has 2 unspecified atom stereocenters. The summed E-state index contributed by atoms with van der Waals surface area (Å²) in [5.41, 5.74) is 13.6. The predicted molar refractivity (Wildman–Crippen MR) is 118 cm³/mol. The van der Waals surface area contributed by atoms with Crippen molar-refractivity contribution in [3.05, 3.63) is 23.8 Å². The minimum atomic E-state index is 0.0125. The molecule has 0 saturated carbocycles. The number of nitrogen functional groups attached to an aromatic ring is 2. The van der Waals surface area contributed by atoms with Crippen LogP contribution in [0.1, 0.15) is 78.6 Å². The molecule has 1 amide bonds. The second-order valence-corrected chi connectivity index (χ2v) is 9.40. The fraction of sp³-hybridized carbons (Fsp3) is 0.696. The first kappa shape index (κ1) is 23.3. The van der Waals surface area contributed by atoms with Gasteiger partial charge in [-0.15, -0.1) is 0 Å². The van der Waals surface area contributed by atoms with Crippen LogP contribution in [0, 0.1) is 23.7 Å². The van der Waals surface area contributed by atoms with Crippen molar-refractivity contribution in [3.63, 3.8) is 0 Å². The molecule has 0 aliphatic heterocycles. The molecule has 0 aromatic heterocycles. The van der Waals surface area contributed by atoms with Gasteiger partial charge in [-0.2, -0.15) is 0 Å². The lowest BCUT2D eigenvalue weighted by molar-refractivity contribution is 0.0331. The van der Waals surface area contributed by atoms with Crippen LogP contribution in [0.25, 0.3) is 0 Å². The molecule has 1 rings (SSSR count). The number of benzene rings is 1. The highest BCUT2D eigenvalue weighted by Gasteiger charge is 2.36. The number of amides is 1. The van der Waals surface area contributed by atoms with Gasteiger partial charge in [0.05, 0.1) is 16.9 Å². The topological polar surface area (TPSA) is 72.3 Å². The summed E-state index contributed by atoms with van der Waals surface area (Å²) in [5, 5.41) is 0. The Morgan fingerprint density at radius 3 is 1.67 bits per heavy atom. The zero-order valence-electron chi connectivity index (χ0n) is 18.6. The molecule has 2 atom stereocenters. The van der Waals surface area contributed by atoms with Crippen LogP contribution < -0.4 is 11.5 Å². The quantitative estimate of drug-likeness (QED) is 0.565. The summed E-state index contributed by atoms with van der Waals surface area (Å²) in [5.74, 6) is 1.77. The molecule has 154 valence electrons. The SMILES string of the molecule is CC(C)CC(C(C)C)N(C(=O)c1cccc(N)c1N)C(CC(C)C)C(C)C. The average Bonchev–Trinajstić information content (AvgIpc) is 2.54. The lowest BCUT2D eigenvalue weighted by Crippen LogP contribution is -2.52. The van der Waals surface area contributed by atoms with Gasteiger partial charge in [-0.1, -0.05) is 61.5 Å². The molecule has 0 radical (unpaired) electrons. The third kappa shape index (κ3) is 6.15. The molecule has 4 heteroatoms. The summed E-state index contributed by atoms with van der Waals surface area (Å²) < 4.78 is 0. The summed E-state index contributed by atoms with van der Waals surface area (Å²) >= 11 is 0. The lowest BCUT2D eigenvalue weighted by atomic mass is 9.86. The normalized spacial score (nSPS) is 14.2. The molecule has 1 aromatic rings. The maximum atomic E-state index is 13.8. The highest BCUT2D eigenvalue weighted by atomic mass is 16.2. The standard InChI is InChI=1S/C23H41N3O/c1-14(2)12-20(16(5)6)26(21(17(7)8)13-15(3)4)23(27)18-10-9-11-19(24)22(18)25/h9-11,14-17,20-21H,12-13,24-25H2,1-8H3. The van der Waals surface area contributed by atoms with Gasteiger partial charge in [-0.05, 0) is 48.6 Å². The molecular formula is C23H41N3O. The molecule has 1 aromatic carbocycles. The highest BCUT2D eigenvalue weighted by molar-refractivity contribution is 6.01. The number of para-hydroxylation sites is 1. The number of hydrogen-bond donors (Lipinski definition) is 2. The van der Waals surface area contributed by atoms with Crippen molar-refractivity contribution in [1.82, 2.24) is 4.90 Å². The van der Waals surface area contributed by atoms with Gasteiger partial charge >= 0.3 is 0 Å². The number of hydrogen-bond acceptors (Lipinski definition) is 3. The van der Waals surface area contributed by atoms with Crippen LogP contribution in [-0.4, -0.2) is 22.9 Å². The number of nitrogens with two attached hydrogens (primary N) is 2. The summed E-state index contributed by atoms with van der Waals surface area (Å²) in [6, 6.07) is 5.71. The van der Waals surface area contributed by atoms with Gasteiger partial charge in [0, 0.05) is 12.1 Å². The molecule has 27 heavy (non-hydrogen) atoms. The first-order valence-electron chi connectivity index (χ1n) is 10.4. The van der Waals surface area contributed by atoms with Gasteiger partial charge in [-0.3, -0.25) is 4.79 Å². The molecule has 0 aliphatic carbocycles. The largest absolute Gasteiger partial charge is 0.397 e. The van der Waals surface area contributed by atoms with Crippen LogP contribution in [0.5, 0.6) is 0 Å². The maximum Gasteiger partial charge on any atom is 0.256 e. The van der Waals surface area contributed by atoms with Crippen LogP contribution in [0.3, 0.4) is 0 Å². The van der Waals surface area contributed by atoms with E-state index in [4.69, 9.17) is 11.5 Å². The second kappa shape index (κ2) is 10.0. The van der Waals surface area contributed by atoms with Gasteiger partial charge in [0.25, 0.3) is 5.91 Å². The van der Waals surface area contributed by atoms with Crippen LogP contribution in [-0.2, 0) is 0 Å². The smallest absolute Gasteiger partial charge is 0.256 e. The van der Waals surface area contributed by atoms with Crippen LogP contribution in [0.2, 0.25) is 0 Å². The van der Waals surface area contributed by atoms with Crippen LogP contribution in [0.4, 0.5) is 11.4 Å². The predicted octanol–water partition coefficient (Wildman–Crippen LogP) is 5.43. The first-order valence-corrected chi connectivity index (χ1v) is 10.4. The lowest BCUT2D eigenvalue weighted by Gasteiger charge is -2.44. The summed E-state index contributed by atoms with van der Waals surface area (Å²) in [6.45, 7) is 17.7. The van der Waals surface area contributed by atoms with E-state index in [0.717, 1.165) is 12.8 Å². The molecule has 0 saturated heterocycles. The van der Waals surface area contributed by atoms with Crippen molar-refractivity contribution < 1.29 is 4.79 Å². The van der Waals surface area contributed by atoms with Crippen molar-refractivity contribution >= 4 is 17.3 Å². The Morgan fingerprint density at radius 1 is 0.852 bits per heavy atom. The maximum absolute atomic E-state index is 13.8. The first-order chi connectivity index (χ1) is 12.5. The van der Waals surface area contributed by atoms with Gasteiger partial charge in [0.15, 0.2) is 0 Å². The molecule has 0 spiro atoms. The molecule has 0 heterocycles. The number of carbonyl (C=O) groups is 1. The fourth-order valence-corrected chi connectivity index (χ4v) is 3.84. The number of nitrogens with zero attached hydrogens (tertiary/aromatic N) is 1. The van der Waals surface area contributed by atoms with Crippen LogP contribution in [0.15, 0.2) is 18.2 Å². The van der Waals surface area contributed by atoms with Gasteiger partial charge < -0.3 is 16.4 Å². The van der Waals surface area contributed by atoms with E-state index < -0.39 is 0 Å². The molecule has 0 aliphatic rings. The van der Waals surface area contributed by atoms with Crippen molar-refractivity contribution in [2.75, 3.05) is 11.5 Å². The van der Waals surface area contributed by atoms with E-state index in [9.17, 15) is 4.79 Å². The second-order valence-electron chi connectivity index (χ2n) is 9.40. The molecule has 4 nitrogen and oxygen atoms in total. The Kier molecular flexibility index (Phi) is 8.64. The summed E-state index contributed by atoms with van der Waals surface area (Å²) in [7, 11) is 0. The number of rotatable bonds is 9. The van der Waals surface area contributed by atoms with Gasteiger partial charge in [0.2, 0.25) is 0 Å². The number of anilines is 2. The molecule has 0 bridgehead atoms. The Bertz CT molecular complexity index is 586. The zero-order chi connectivity index (χ0) is 20.9. The minimum absolute atomic E-state index is 0.0125. The van der Waals surface area contributed by atoms with E-state index in [1.54, 1.807) is 12.1 Å². The monoisotopic (exact) mass is 375 g/mol. The summed E-state index contributed by atoms with van der Waals surface area (Å²) in [4.78, 5) is 15.9. The Morgan fingerprint density at radius 2 is 1.30 bits per heavy atom. The third-order valence-electron chi connectivity index (χ3n) is 5.28. The van der Waals surface area contributed by atoms with E-state index in [2.05, 4.69) is 60.3 Å². The van der Waals surface area contributed by atoms with Crippen molar-refractivity contribution in [3.8, 4) is 0 Å². The van der Waals surface area contributed by atoms with Gasteiger partial charge in [0.1, 0.15) is 0 Å². The van der Waals surface area contributed by atoms with Crippen molar-refractivity contribution in [1.29, 1.82) is 0 Å². The van der Waals surface area contributed by atoms with E-state index in [0.29, 0.717) is 40.6 Å². The van der Waals surface area contributed by atoms with E-state index in [1.807, 2.05) is 6.07 Å². The van der Waals surface area contributed by atoms with E-state index in [-0.39, 0.29) is 18.0 Å².